The van der Waals surface area contributed by atoms with Gasteiger partial charge < -0.3 is 14.0 Å². The SMILES string of the molecule is COCCn1cc(C(=O)Nc2n[nH]c(COC)n2)c2ccccc21. The summed E-state index contributed by atoms with van der Waals surface area (Å²) < 4.78 is 12.1. The van der Waals surface area contributed by atoms with E-state index in [1.165, 1.54) is 0 Å². The molecule has 8 nitrogen and oxygen atoms in total. The number of fused-ring (bicyclic) bond motifs is 1. The Morgan fingerprint density at radius 2 is 2.12 bits per heavy atom. The Morgan fingerprint density at radius 1 is 1.29 bits per heavy atom. The van der Waals surface area contributed by atoms with E-state index in [9.17, 15) is 4.79 Å². The Hall–Kier alpha value is -2.71. The number of H-pyrrole nitrogens is 1. The van der Waals surface area contributed by atoms with Crippen molar-refractivity contribution in [1.29, 1.82) is 0 Å². The number of carbonyl (C=O) groups is 1. The van der Waals surface area contributed by atoms with E-state index < -0.39 is 0 Å². The summed E-state index contributed by atoms with van der Waals surface area (Å²) in [4.78, 5) is 16.8. The maximum Gasteiger partial charge on any atom is 0.260 e. The molecule has 1 aromatic carbocycles. The number of amides is 1. The highest BCUT2D eigenvalue weighted by Crippen LogP contribution is 2.22. The molecule has 0 aliphatic carbocycles. The van der Waals surface area contributed by atoms with Crippen molar-refractivity contribution in [2.45, 2.75) is 13.2 Å². The number of hydrogen-bond acceptors (Lipinski definition) is 5. The fourth-order valence-corrected chi connectivity index (χ4v) is 2.52. The number of benzene rings is 1. The number of nitrogens with one attached hydrogen (secondary N) is 2. The Labute approximate surface area is 138 Å². The van der Waals surface area contributed by atoms with Crippen molar-refractivity contribution in [3.05, 3.63) is 41.9 Å². The number of para-hydroxylation sites is 1. The highest BCUT2D eigenvalue weighted by atomic mass is 16.5. The molecule has 3 rings (SSSR count). The predicted molar refractivity (Wildman–Crippen MR) is 88.9 cm³/mol. The van der Waals surface area contributed by atoms with Crippen molar-refractivity contribution in [1.82, 2.24) is 19.7 Å². The molecule has 0 bridgehead atoms. The first kappa shape index (κ1) is 16.2. The lowest BCUT2D eigenvalue weighted by molar-refractivity contribution is 0.102. The van der Waals surface area contributed by atoms with Crippen LogP contribution in [0.5, 0.6) is 0 Å². The first-order chi connectivity index (χ1) is 11.7. The second-order valence-electron chi connectivity index (χ2n) is 5.24. The molecule has 2 aromatic heterocycles. The van der Waals surface area contributed by atoms with Gasteiger partial charge in [-0.2, -0.15) is 4.98 Å². The molecule has 126 valence electrons. The van der Waals surface area contributed by atoms with Gasteiger partial charge in [0.25, 0.3) is 5.91 Å². The minimum absolute atomic E-state index is 0.223. The van der Waals surface area contributed by atoms with E-state index in [2.05, 4.69) is 20.5 Å². The van der Waals surface area contributed by atoms with E-state index in [0.29, 0.717) is 31.1 Å². The van der Waals surface area contributed by atoms with Crippen LogP contribution in [-0.2, 0) is 22.6 Å². The number of ether oxygens (including phenoxy) is 2. The summed E-state index contributed by atoms with van der Waals surface area (Å²) in [7, 11) is 3.22. The van der Waals surface area contributed by atoms with Crippen molar-refractivity contribution < 1.29 is 14.3 Å². The lowest BCUT2D eigenvalue weighted by Gasteiger charge is -2.03. The third kappa shape index (κ3) is 3.29. The summed E-state index contributed by atoms with van der Waals surface area (Å²) in [5.74, 6) is 0.515. The fourth-order valence-electron chi connectivity index (χ4n) is 2.52. The topological polar surface area (TPSA) is 94.1 Å². The lowest BCUT2D eigenvalue weighted by Crippen LogP contribution is -2.13. The average molecular weight is 329 g/mol. The number of carbonyl (C=O) groups excluding carboxylic acids is 1. The molecule has 0 atom stereocenters. The van der Waals surface area contributed by atoms with E-state index in [4.69, 9.17) is 9.47 Å². The van der Waals surface area contributed by atoms with E-state index in [1.807, 2.05) is 35.0 Å². The molecular weight excluding hydrogens is 310 g/mol. The standard InChI is InChI=1S/C16H19N5O3/c1-23-8-7-21-9-12(11-5-3-4-6-13(11)21)15(22)18-16-17-14(10-24-2)19-20-16/h3-6,9H,7-8,10H2,1-2H3,(H2,17,18,19,20,22). The Balaban J connectivity index is 1.85. The number of aromatic nitrogens is 4. The molecule has 0 aliphatic rings. The predicted octanol–water partition coefficient (Wildman–Crippen LogP) is 1.80. The monoisotopic (exact) mass is 329 g/mol. The van der Waals surface area contributed by atoms with Gasteiger partial charge in [0.1, 0.15) is 6.61 Å². The molecule has 0 unspecified atom stereocenters. The number of hydrogen-bond donors (Lipinski definition) is 2. The van der Waals surface area contributed by atoms with Gasteiger partial charge in [0.05, 0.1) is 12.2 Å². The third-order valence-electron chi connectivity index (χ3n) is 3.61. The van der Waals surface area contributed by atoms with Gasteiger partial charge in [0.15, 0.2) is 5.82 Å². The van der Waals surface area contributed by atoms with Crippen LogP contribution in [0.25, 0.3) is 10.9 Å². The molecule has 0 fully saturated rings. The zero-order chi connectivity index (χ0) is 16.9. The third-order valence-corrected chi connectivity index (χ3v) is 3.61. The summed E-state index contributed by atoms with van der Waals surface area (Å²) >= 11 is 0. The van der Waals surface area contributed by atoms with Gasteiger partial charge in [-0.3, -0.25) is 15.2 Å². The van der Waals surface area contributed by atoms with Gasteiger partial charge in [-0.15, -0.1) is 5.10 Å². The van der Waals surface area contributed by atoms with Crippen molar-refractivity contribution in [2.75, 3.05) is 26.1 Å². The molecular formula is C16H19N5O3. The van der Waals surface area contributed by atoms with Gasteiger partial charge in [0.2, 0.25) is 5.95 Å². The average Bonchev–Trinajstić information content (AvgIpc) is 3.18. The zero-order valence-corrected chi connectivity index (χ0v) is 13.6. The number of rotatable bonds is 7. The molecule has 24 heavy (non-hydrogen) atoms. The molecule has 0 radical (unpaired) electrons. The molecule has 1 amide bonds. The van der Waals surface area contributed by atoms with E-state index in [1.54, 1.807) is 14.2 Å². The molecule has 3 aromatic rings. The van der Waals surface area contributed by atoms with Crippen LogP contribution in [0, 0.1) is 0 Å². The summed E-state index contributed by atoms with van der Waals surface area (Å²) in [5, 5.41) is 10.3. The van der Waals surface area contributed by atoms with Crippen LogP contribution in [0.4, 0.5) is 5.95 Å². The van der Waals surface area contributed by atoms with Crippen LogP contribution < -0.4 is 5.32 Å². The van der Waals surface area contributed by atoms with Crippen LogP contribution in [-0.4, -0.2) is 46.5 Å². The molecule has 8 heteroatoms. The molecule has 0 saturated heterocycles. The van der Waals surface area contributed by atoms with Gasteiger partial charge in [0, 0.05) is 37.9 Å². The number of anilines is 1. The lowest BCUT2D eigenvalue weighted by atomic mass is 10.1. The normalized spacial score (nSPS) is 11.1. The second-order valence-corrected chi connectivity index (χ2v) is 5.24. The summed E-state index contributed by atoms with van der Waals surface area (Å²) in [6.45, 7) is 1.54. The first-order valence-corrected chi connectivity index (χ1v) is 7.51. The number of methoxy groups -OCH3 is 2. The van der Waals surface area contributed by atoms with E-state index >= 15 is 0 Å². The fraction of sp³-hybridized carbons (Fsp3) is 0.312. The quantitative estimate of drug-likeness (QED) is 0.689. The highest BCUT2D eigenvalue weighted by molar-refractivity contribution is 6.12. The summed E-state index contributed by atoms with van der Waals surface area (Å²) in [6, 6.07) is 7.75. The first-order valence-electron chi connectivity index (χ1n) is 7.51. The van der Waals surface area contributed by atoms with Gasteiger partial charge in [-0.1, -0.05) is 18.2 Å². The molecule has 0 aliphatic heterocycles. The molecule has 0 spiro atoms. The van der Waals surface area contributed by atoms with E-state index in [-0.39, 0.29) is 11.9 Å². The Morgan fingerprint density at radius 3 is 2.92 bits per heavy atom. The van der Waals surface area contributed by atoms with Crippen LogP contribution in [0.2, 0.25) is 0 Å². The van der Waals surface area contributed by atoms with Crippen molar-refractivity contribution >= 4 is 22.8 Å². The van der Waals surface area contributed by atoms with E-state index in [0.717, 1.165) is 10.9 Å². The second kappa shape index (κ2) is 7.24. The maximum absolute atomic E-state index is 12.6. The molecule has 2 heterocycles. The smallest absolute Gasteiger partial charge is 0.260 e. The highest BCUT2D eigenvalue weighted by Gasteiger charge is 2.16. The van der Waals surface area contributed by atoms with Crippen molar-refractivity contribution in [3.63, 3.8) is 0 Å². The minimum atomic E-state index is -0.259. The largest absolute Gasteiger partial charge is 0.383 e. The zero-order valence-electron chi connectivity index (χ0n) is 13.6. The van der Waals surface area contributed by atoms with Gasteiger partial charge >= 0.3 is 0 Å². The number of nitrogens with zero attached hydrogens (tertiary/aromatic N) is 3. The van der Waals surface area contributed by atoms with Gasteiger partial charge in [-0.25, -0.2) is 0 Å². The van der Waals surface area contributed by atoms with Crippen molar-refractivity contribution in [3.8, 4) is 0 Å². The van der Waals surface area contributed by atoms with Crippen LogP contribution in [0.15, 0.2) is 30.5 Å². The molecule has 2 N–H and O–H groups in total. The van der Waals surface area contributed by atoms with Crippen LogP contribution in [0.3, 0.4) is 0 Å². The van der Waals surface area contributed by atoms with Crippen molar-refractivity contribution in [2.24, 2.45) is 0 Å². The molecule has 0 saturated carbocycles. The minimum Gasteiger partial charge on any atom is -0.383 e. The Bertz CT molecular complexity index is 839. The van der Waals surface area contributed by atoms with Crippen LogP contribution >= 0.6 is 0 Å². The maximum atomic E-state index is 12.6. The van der Waals surface area contributed by atoms with Gasteiger partial charge in [-0.05, 0) is 6.07 Å². The number of aromatic amines is 1. The van der Waals surface area contributed by atoms with Crippen LogP contribution in [0.1, 0.15) is 16.2 Å². The Kier molecular flexibility index (Phi) is 4.88. The summed E-state index contributed by atoms with van der Waals surface area (Å²) in [5.41, 5.74) is 1.55. The summed E-state index contributed by atoms with van der Waals surface area (Å²) in [6.07, 6.45) is 1.82.